The number of nitrogens with zero attached hydrogens (tertiary/aromatic N) is 1. The van der Waals surface area contributed by atoms with Crippen molar-refractivity contribution in [2.75, 3.05) is 31.7 Å². The maximum absolute atomic E-state index is 11.7. The molecule has 1 aliphatic rings. The quantitative estimate of drug-likeness (QED) is 0.816. The average molecular weight is 290 g/mol. The fourth-order valence-electron chi connectivity index (χ4n) is 2.94. The second-order valence-corrected chi connectivity index (χ2v) is 5.79. The van der Waals surface area contributed by atoms with Gasteiger partial charge >= 0.3 is 0 Å². The van der Waals surface area contributed by atoms with Crippen LogP contribution in [0.5, 0.6) is 0 Å². The number of hydrogen-bond donors (Lipinski definition) is 1. The number of rotatable bonds is 6. The second-order valence-electron chi connectivity index (χ2n) is 5.79. The smallest absolute Gasteiger partial charge is 0.223 e. The number of nitrogens with one attached hydrogen (secondary N) is 1. The Labute approximate surface area is 127 Å². The predicted molar refractivity (Wildman–Crippen MR) is 85.8 cm³/mol. The number of carbonyl (C=O) groups is 1. The van der Waals surface area contributed by atoms with Gasteiger partial charge in [-0.3, -0.25) is 4.79 Å². The normalized spacial score (nSPS) is 15.7. The van der Waals surface area contributed by atoms with Gasteiger partial charge in [0.05, 0.1) is 6.61 Å². The van der Waals surface area contributed by atoms with Crippen molar-refractivity contribution in [1.29, 1.82) is 0 Å². The summed E-state index contributed by atoms with van der Waals surface area (Å²) in [5.74, 6) is 0.137. The standard InChI is InChI=1S/C17H26N2O2/c1-13(18-8-10-21-3)11-15-6-7-17-16(12-15)5-4-9-19(17)14(2)20/h6-7,12-13,18H,4-5,8-11H2,1-3H3. The number of hydrogen-bond acceptors (Lipinski definition) is 3. The van der Waals surface area contributed by atoms with Gasteiger partial charge in [0, 0.05) is 38.9 Å². The molecule has 0 radical (unpaired) electrons. The Bertz CT molecular complexity index is 488. The third kappa shape index (κ3) is 4.29. The zero-order valence-electron chi connectivity index (χ0n) is 13.3. The average Bonchev–Trinajstić information content (AvgIpc) is 2.46. The van der Waals surface area contributed by atoms with Crippen molar-refractivity contribution < 1.29 is 9.53 Å². The first-order valence-corrected chi connectivity index (χ1v) is 7.74. The Balaban J connectivity index is 2.02. The maximum atomic E-state index is 11.7. The van der Waals surface area contributed by atoms with Crippen LogP contribution in [0.2, 0.25) is 0 Å². The van der Waals surface area contributed by atoms with Gasteiger partial charge in [0.15, 0.2) is 0 Å². The molecule has 1 atom stereocenters. The molecule has 21 heavy (non-hydrogen) atoms. The van der Waals surface area contributed by atoms with Crippen LogP contribution in [0.15, 0.2) is 18.2 Å². The predicted octanol–water partition coefficient (Wildman–Crippen LogP) is 2.15. The Morgan fingerprint density at radius 3 is 3.00 bits per heavy atom. The first kappa shape index (κ1) is 16.0. The zero-order chi connectivity index (χ0) is 15.2. The van der Waals surface area contributed by atoms with Gasteiger partial charge in [-0.2, -0.15) is 0 Å². The van der Waals surface area contributed by atoms with E-state index in [4.69, 9.17) is 4.74 Å². The highest BCUT2D eigenvalue weighted by atomic mass is 16.5. The molecule has 0 aromatic heterocycles. The lowest BCUT2D eigenvalue weighted by atomic mass is 9.96. The van der Waals surface area contributed by atoms with Crippen molar-refractivity contribution in [3.8, 4) is 0 Å². The van der Waals surface area contributed by atoms with Crippen molar-refractivity contribution in [3.05, 3.63) is 29.3 Å². The van der Waals surface area contributed by atoms with Gasteiger partial charge < -0.3 is 15.0 Å². The molecule has 4 heteroatoms. The summed E-state index contributed by atoms with van der Waals surface area (Å²) in [6.07, 6.45) is 3.12. The summed E-state index contributed by atoms with van der Waals surface area (Å²) in [5.41, 5.74) is 3.73. The number of benzene rings is 1. The van der Waals surface area contributed by atoms with E-state index in [0.717, 1.165) is 44.6 Å². The molecule has 0 saturated carbocycles. The van der Waals surface area contributed by atoms with Crippen molar-refractivity contribution in [3.63, 3.8) is 0 Å². The molecule has 4 nitrogen and oxygen atoms in total. The lowest BCUT2D eigenvalue weighted by Crippen LogP contribution is -2.34. The first-order chi connectivity index (χ1) is 10.1. The minimum absolute atomic E-state index is 0.137. The van der Waals surface area contributed by atoms with Gasteiger partial charge in [-0.25, -0.2) is 0 Å². The number of ether oxygens (including phenoxy) is 1. The number of aryl methyl sites for hydroxylation is 1. The van der Waals surface area contributed by atoms with E-state index in [0.29, 0.717) is 6.04 Å². The molecular weight excluding hydrogens is 264 g/mol. The van der Waals surface area contributed by atoms with Gasteiger partial charge in [0.25, 0.3) is 0 Å². The molecule has 116 valence electrons. The summed E-state index contributed by atoms with van der Waals surface area (Å²) in [4.78, 5) is 13.6. The number of carbonyl (C=O) groups excluding carboxylic acids is 1. The molecular formula is C17H26N2O2. The van der Waals surface area contributed by atoms with E-state index >= 15 is 0 Å². The molecule has 1 unspecified atom stereocenters. The van der Waals surface area contributed by atoms with Crippen LogP contribution in [0, 0.1) is 0 Å². The zero-order valence-corrected chi connectivity index (χ0v) is 13.3. The summed E-state index contributed by atoms with van der Waals surface area (Å²) < 4.78 is 5.05. The minimum atomic E-state index is 0.137. The number of anilines is 1. The SMILES string of the molecule is COCCNC(C)Cc1ccc2c(c1)CCCN2C(C)=O. The Hall–Kier alpha value is -1.39. The summed E-state index contributed by atoms with van der Waals surface area (Å²) >= 11 is 0. The molecule has 0 spiro atoms. The fraction of sp³-hybridized carbons (Fsp3) is 0.588. The van der Waals surface area contributed by atoms with E-state index < -0.39 is 0 Å². The van der Waals surface area contributed by atoms with Gasteiger partial charge in [0.1, 0.15) is 0 Å². The molecule has 1 heterocycles. The maximum Gasteiger partial charge on any atom is 0.223 e. The van der Waals surface area contributed by atoms with Gasteiger partial charge in [-0.1, -0.05) is 12.1 Å². The van der Waals surface area contributed by atoms with Crippen LogP contribution in [0.1, 0.15) is 31.4 Å². The number of fused-ring (bicyclic) bond motifs is 1. The van der Waals surface area contributed by atoms with Gasteiger partial charge in [-0.15, -0.1) is 0 Å². The fourth-order valence-corrected chi connectivity index (χ4v) is 2.94. The largest absolute Gasteiger partial charge is 0.383 e. The van der Waals surface area contributed by atoms with Gasteiger partial charge in [0.2, 0.25) is 5.91 Å². The minimum Gasteiger partial charge on any atom is -0.383 e. The van der Waals surface area contributed by atoms with Crippen LogP contribution in [-0.4, -0.2) is 38.8 Å². The summed E-state index contributed by atoms with van der Waals surface area (Å²) in [5, 5.41) is 3.45. The molecule has 0 aliphatic carbocycles. The van der Waals surface area contributed by atoms with Crippen LogP contribution < -0.4 is 10.2 Å². The van der Waals surface area contributed by atoms with Crippen molar-refractivity contribution in [2.24, 2.45) is 0 Å². The van der Waals surface area contributed by atoms with Crippen LogP contribution in [0.4, 0.5) is 5.69 Å². The van der Waals surface area contributed by atoms with Crippen LogP contribution in [0.25, 0.3) is 0 Å². The van der Waals surface area contributed by atoms with Crippen molar-refractivity contribution in [1.82, 2.24) is 5.32 Å². The molecule has 1 amide bonds. The lowest BCUT2D eigenvalue weighted by molar-refractivity contribution is -0.116. The van der Waals surface area contributed by atoms with Gasteiger partial charge in [-0.05, 0) is 43.4 Å². The Kier molecular flexibility index (Phi) is 5.76. The summed E-state index contributed by atoms with van der Waals surface area (Å²) in [7, 11) is 1.72. The number of amides is 1. The number of methoxy groups -OCH3 is 1. The molecule has 2 rings (SSSR count). The van der Waals surface area contributed by atoms with Crippen LogP contribution in [-0.2, 0) is 22.4 Å². The molecule has 0 saturated heterocycles. The Morgan fingerprint density at radius 1 is 1.48 bits per heavy atom. The monoisotopic (exact) mass is 290 g/mol. The molecule has 1 aromatic carbocycles. The van der Waals surface area contributed by atoms with Crippen molar-refractivity contribution >= 4 is 11.6 Å². The third-order valence-electron chi connectivity index (χ3n) is 3.98. The van der Waals surface area contributed by atoms with E-state index in [1.165, 1.54) is 11.1 Å². The van der Waals surface area contributed by atoms with E-state index in [1.807, 2.05) is 4.90 Å². The van der Waals surface area contributed by atoms with E-state index in [2.05, 4.69) is 30.4 Å². The molecule has 0 fully saturated rings. The van der Waals surface area contributed by atoms with Crippen LogP contribution in [0.3, 0.4) is 0 Å². The topological polar surface area (TPSA) is 41.6 Å². The molecule has 1 aliphatic heterocycles. The summed E-state index contributed by atoms with van der Waals surface area (Å²) in [6.45, 7) is 6.29. The van der Waals surface area contributed by atoms with E-state index in [-0.39, 0.29) is 5.91 Å². The molecule has 0 bridgehead atoms. The lowest BCUT2D eigenvalue weighted by Gasteiger charge is -2.29. The highest BCUT2D eigenvalue weighted by Gasteiger charge is 2.20. The first-order valence-electron chi connectivity index (χ1n) is 7.74. The molecule has 1 aromatic rings. The highest BCUT2D eigenvalue weighted by Crippen LogP contribution is 2.28. The summed E-state index contributed by atoms with van der Waals surface area (Å²) in [6, 6.07) is 6.94. The van der Waals surface area contributed by atoms with Crippen LogP contribution >= 0.6 is 0 Å². The third-order valence-corrected chi connectivity index (χ3v) is 3.98. The second kappa shape index (κ2) is 7.57. The van der Waals surface area contributed by atoms with Crippen molar-refractivity contribution in [2.45, 2.75) is 39.2 Å². The highest BCUT2D eigenvalue weighted by molar-refractivity contribution is 5.92. The van der Waals surface area contributed by atoms with E-state index in [9.17, 15) is 4.79 Å². The van der Waals surface area contributed by atoms with E-state index in [1.54, 1.807) is 14.0 Å². The molecule has 1 N–H and O–H groups in total. The Morgan fingerprint density at radius 2 is 2.29 bits per heavy atom.